The van der Waals surface area contributed by atoms with Crippen molar-refractivity contribution in [3.8, 4) is 11.5 Å². The third-order valence-electron chi connectivity index (χ3n) is 8.48. The fourth-order valence-corrected chi connectivity index (χ4v) is 5.56. The van der Waals surface area contributed by atoms with Gasteiger partial charge >= 0.3 is 0 Å². The summed E-state index contributed by atoms with van der Waals surface area (Å²) in [5.41, 5.74) is 4.58. The fraction of sp³-hybridized carbons (Fsp3) is 0.469. The summed E-state index contributed by atoms with van der Waals surface area (Å²) < 4.78 is 6.33. The number of aromatic hydroxyl groups is 1. The highest BCUT2D eigenvalue weighted by molar-refractivity contribution is 6.33. The van der Waals surface area contributed by atoms with Crippen LogP contribution in [-0.4, -0.2) is 88.0 Å². The van der Waals surface area contributed by atoms with Gasteiger partial charge in [-0.2, -0.15) is 0 Å². The zero-order valence-electron chi connectivity index (χ0n) is 27.3. The highest BCUT2D eigenvalue weighted by Crippen LogP contribution is 2.39. The van der Waals surface area contributed by atoms with Crippen LogP contribution < -0.4 is 31.7 Å². The van der Waals surface area contributed by atoms with Crippen LogP contribution in [0.1, 0.15) is 59.1 Å². The zero-order chi connectivity index (χ0) is 35.4. The van der Waals surface area contributed by atoms with Gasteiger partial charge in [0.2, 0.25) is 11.8 Å². The number of nitrogens with one attached hydrogen (secondary N) is 4. The number of primary amides is 1. The normalized spacial score (nSPS) is 26.8. The van der Waals surface area contributed by atoms with Crippen LogP contribution in [0.2, 0.25) is 5.02 Å². The predicted molar refractivity (Wildman–Crippen MR) is 174 cm³/mol. The Bertz CT molecular complexity index is 1530. The van der Waals surface area contributed by atoms with Gasteiger partial charge in [-0.15, -0.1) is 0 Å². The van der Waals surface area contributed by atoms with E-state index in [-0.39, 0.29) is 40.6 Å². The lowest BCUT2D eigenvalue weighted by molar-refractivity contribution is -0.146. The molecule has 0 saturated carbocycles. The van der Waals surface area contributed by atoms with Crippen LogP contribution in [0.15, 0.2) is 47.7 Å². The van der Waals surface area contributed by atoms with E-state index in [1.807, 2.05) is 0 Å². The summed E-state index contributed by atoms with van der Waals surface area (Å²) in [5, 5.41) is 32.1. The molecule has 6 atom stereocenters. The molecule has 0 saturated heterocycles. The number of likely N-dealkylation sites (N-methyl/N-ethyl adjacent to an activating group) is 1. The third-order valence-corrected chi connectivity index (χ3v) is 8.89. The molecule has 15 heteroatoms. The van der Waals surface area contributed by atoms with E-state index < -0.39 is 71.2 Å². The molecule has 14 nitrogen and oxygen atoms in total. The van der Waals surface area contributed by atoms with Gasteiger partial charge in [-0.3, -0.25) is 24.0 Å². The van der Waals surface area contributed by atoms with Crippen molar-refractivity contribution in [2.75, 3.05) is 13.6 Å². The molecule has 0 fully saturated rings. The van der Waals surface area contributed by atoms with E-state index in [2.05, 4.69) is 27.8 Å². The molecule has 47 heavy (non-hydrogen) atoms. The van der Waals surface area contributed by atoms with E-state index in [1.54, 1.807) is 33.8 Å². The van der Waals surface area contributed by atoms with Gasteiger partial charge in [0.1, 0.15) is 53.1 Å². The van der Waals surface area contributed by atoms with Crippen molar-refractivity contribution < 1.29 is 38.9 Å². The van der Waals surface area contributed by atoms with Crippen LogP contribution >= 0.6 is 11.6 Å². The fourth-order valence-electron chi connectivity index (χ4n) is 5.34. The SMILES string of the molecule is C=C(C)[C@@H]1NC(=O)[C@@H](NC)[C@@H](O)c2cc(cc(O)c2Cl)O[C@](C)(CC)[C@@H](C(=O)N2CC=CC2C(=O)N/C(C(N)=O)=C(/C)CC)NC1=O. The maximum Gasteiger partial charge on any atom is 0.265 e. The molecular weight excluding hydrogens is 632 g/mol. The van der Waals surface area contributed by atoms with E-state index in [1.165, 1.54) is 37.1 Å². The summed E-state index contributed by atoms with van der Waals surface area (Å²) in [6, 6.07) is -2.84. The molecule has 3 rings (SSSR count). The Morgan fingerprint density at radius 2 is 1.85 bits per heavy atom. The maximum absolute atomic E-state index is 14.4. The molecule has 1 aromatic rings. The molecule has 256 valence electrons. The van der Waals surface area contributed by atoms with Gasteiger partial charge in [0.15, 0.2) is 0 Å². The number of nitrogens with two attached hydrogens (primary N) is 1. The Balaban J connectivity index is 2.15. The van der Waals surface area contributed by atoms with Gasteiger partial charge in [0, 0.05) is 18.2 Å². The van der Waals surface area contributed by atoms with Gasteiger partial charge in [-0.1, -0.05) is 44.2 Å². The first-order chi connectivity index (χ1) is 22.0. The van der Waals surface area contributed by atoms with Gasteiger partial charge in [-0.05, 0) is 57.9 Å². The average Bonchev–Trinajstić information content (AvgIpc) is 3.52. The number of phenolic OH excluding ortho intramolecular Hbond substituents is 1. The van der Waals surface area contributed by atoms with E-state index in [0.717, 1.165) is 0 Å². The minimum absolute atomic E-state index is 0.0198. The minimum atomic E-state index is -1.60. The molecule has 8 N–H and O–H groups in total. The Labute approximate surface area is 278 Å². The predicted octanol–water partition coefficient (Wildman–Crippen LogP) is 0.826. The summed E-state index contributed by atoms with van der Waals surface area (Å²) >= 11 is 6.35. The minimum Gasteiger partial charge on any atom is -0.506 e. The largest absolute Gasteiger partial charge is 0.506 e. The van der Waals surface area contributed by atoms with Crippen LogP contribution in [0.5, 0.6) is 11.5 Å². The van der Waals surface area contributed by atoms with Crippen molar-refractivity contribution >= 4 is 41.1 Å². The number of halogens is 1. The second kappa shape index (κ2) is 15.0. The molecule has 0 aromatic heterocycles. The molecule has 2 bridgehead atoms. The number of phenols is 1. The number of aliphatic hydroxyl groups excluding tert-OH is 1. The number of benzene rings is 1. The average molecular weight is 675 g/mol. The molecule has 2 heterocycles. The van der Waals surface area contributed by atoms with Gasteiger partial charge in [-0.25, -0.2) is 0 Å². The van der Waals surface area contributed by atoms with E-state index in [9.17, 15) is 34.2 Å². The summed E-state index contributed by atoms with van der Waals surface area (Å²) in [7, 11) is 1.42. The molecule has 1 unspecified atom stereocenters. The van der Waals surface area contributed by atoms with Crippen LogP contribution in [0, 0.1) is 0 Å². The number of amides is 5. The second-order valence-electron chi connectivity index (χ2n) is 11.8. The Hall–Kier alpha value is -4.40. The zero-order valence-corrected chi connectivity index (χ0v) is 28.0. The van der Waals surface area contributed by atoms with Crippen molar-refractivity contribution in [1.29, 1.82) is 0 Å². The molecule has 0 radical (unpaired) electrons. The van der Waals surface area contributed by atoms with Crippen molar-refractivity contribution in [2.45, 2.75) is 83.3 Å². The van der Waals surface area contributed by atoms with Crippen molar-refractivity contribution in [3.05, 3.63) is 58.3 Å². The standard InChI is InChI=1S/C32H43ClN6O8/c1-8-16(5)23(27(34)42)37-28(43)19-11-10-12-39(19)31(46)26-32(6,9-2)47-17-13-18(21(33)20(40)14-17)25(41)24(35-7)30(45)36-22(15(3)4)29(44)38-26/h10-11,13-14,19,22,24-26,35,40-41H,3,8-9,12H2,1-2,4-7H3,(H2,34,42)(H,36,45)(H,37,43)(H,38,44)/b23-16-/t19?,22-,24-,25-,26+,32+/m0/s1. The lowest BCUT2D eigenvalue weighted by Crippen LogP contribution is -2.65. The number of nitrogens with zero attached hydrogens (tertiary/aromatic N) is 1. The molecular formula is C32H43ClN6O8. The topological polar surface area (TPSA) is 212 Å². The van der Waals surface area contributed by atoms with Crippen LogP contribution in [0.4, 0.5) is 0 Å². The smallest absolute Gasteiger partial charge is 0.265 e. The highest BCUT2D eigenvalue weighted by Gasteiger charge is 2.47. The lowest BCUT2D eigenvalue weighted by atomic mass is 9.90. The van der Waals surface area contributed by atoms with E-state index >= 15 is 0 Å². The molecule has 1 aromatic carbocycles. The molecule has 0 aliphatic carbocycles. The van der Waals surface area contributed by atoms with Crippen molar-refractivity contribution in [1.82, 2.24) is 26.2 Å². The number of ether oxygens (including phenoxy) is 1. The summed E-state index contributed by atoms with van der Waals surface area (Å²) in [6.45, 7) is 12.0. The number of allylic oxidation sites excluding steroid dienone is 1. The molecule has 5 amide bonds. The van der Waals surface area contributed by atoms with Gasteiger partial charge < -0.3 is 46.9 Å². The number of fused-ring (bicyclic) bond motifs is 2. The Morgan fingerprint density at radius 1 is 1.19 bits per heavy atom. The number of aliphatic hydroxyl groups is 1. The lowest BCUT2D eigenvalue weighted by Gasteiger charge is -2.40. The quantitative estimate of drug-likeness (QED) is 0.153. The summed E-state index contributed by atoms with van der Waals surface area (Å²) in [4.78, 5) is 68.4. The van der Waals surface area contributed by atoms with Crippen LogP contribution in [-0.2, 0) is 24.0 Å². The van der Waals surface area contributed by atoms with Crippen molar-refractivity contribution in [2.24, 2.45) is 5.73 Å². The second-order valence-corrected chi connectivity index (χ2v) is 12.2. The summed E-state index contributed by atoms with van der Waals surface area (Å²) in [5.74, 6) is -4.36. The molecule has 2 aliphatic heterocycles. The Kier molecular flexibility index (Phi) is 11.8. The first-order valence-corrected chi connectivity index (χ1v) is 15.5. The van der Waals surface area contributed by atoms with E-state index in [0.29, 0.717) is 12.0 Å². The van der Waals surface area contributed by atoms with Crippen LogP contribution in [0.3, 0.4) is 0 Å². The highest BCUT2D eigenvalue weighted by atomic mass is 35.5. The van der Waals surface area contributed by atoms with Gasteiger partial charge in [0.25, 0.3) is 17.7 Å². The maximum atomic E-state index is 14.4. The van der Waals surface area contributed by atoms with Crippen LogP contribution in [0.25, 0.3) is 0 Å². The third kappa shape index (κ3) is 7.77. The number of rotatable bonds is 8. The first kappa shape index (κ1) is 37.1. The number of carbonyl (C=O) groups excluding carboxylic acids is 5. The van der Waals surface area contributed by atoms with Crippen molar-refractivity contribution in [3.63, 3.8) is 0 Å². The molecule has 2 aliphatic rings. The Morgan fingerprint density at radius 3 is 2.40 bits per heavy atom. The first-order valence-electron chi connectivity index (χ1n) is 15.1. The number of hydrogen-bond acceptors (Lipinski definition) is 9. The number of hydrogen-bond donors (Lipinski definition) is 7. The number of carbonyl (C=O) groups is 5. The van der Waals surface area contributed by atoms with Gasteiger partial charge in [0.05, 0.1) is 5.02 Å². The monoisotopic (exact) mass is 674 g/mol. The summed E-state index contributed by atoms with van der Waals surface area (Å²) in [6.07, 6.45) is 2.02. The molecule has 0 spiro atoms. The van der Waals surface area contributed by atoms with E-state index in [4.69, 9.17) is 22.1 Å².